The second-order valence-electron chi connectivity index (χ2n) is 8.70. The van der Waals surface area contributed by atoms with Crippen molar-refractivity contribution in [3.05, 3.63) is 53.6 Å². The van der Waals surface area contributed by atoms with E-state index in [-0.39, 0.29) is 17.5 Å². The molecule has 0 saturated carbocycles. The van der Waals surface area contributed by atoms with Crippen LogP contribution in [-0.4, -0.2) is 57.1 Å². The molecule has 2 aromatic carbocycles. The lowest BCUT2D eigenvalue weighted by Crippen LogP contribution is -2.24. The first-order chi connectivity index (χ1) is 16.9. The van der Waals surface area contributed by atoms with Gasteiger partial charge in [0.15, 0.2) is 0 Å². The van der Waals surface area contributed by atoms with Gasteiger partial charge in [0, 0.05) is 31.0 Å². The molecule has 7 heteroatoms. The molecule has 0 aromatic heterocycles. The van der Waals surface area contributed by atoms with Crippen molar-refractivity contribution < 1.29 is 28.9 Å². The van der Waals surface area contributed by atoms with Crippen LogP contribution >= 0.6 is 0 Å². The lowest BCUT2D eigenvalue weighted by molar-refractivity contribution is -0.144. The van der Waals surface area contributed by atoms with Crippen LogP contribution in [0.15, 0.2) is 48.0 Å². The third kappa shape index (κ3) is 7.33. The van der Waals surface area contributed by atoms with E-state index in [0.29, 0.717) is 32.7 Å². The zero-order chi connectivity index (χ0) is 25.2. The number of carbonyl (C=O) groups excluding carboxylic acids is 1. The number of hydrogen-bond acceptors (Lipinski definition) is 6. The van der Waals surface area contributed by atoms with Crippen molar-refractivity contribution in [2.24, 2.45) is 5.92 Å². The Morgan fingerprint density at radius 1 is 1.09 bits per heavy atom. The van der Waals surface area contributed by atoms with Crippen molar-refractivity contribution in [1.29, 1.82) is 0 Å². The maximum absolute atomic E-state index is 12.0. The SMILES string of the molecule is CCCCOCCOc1ccc(-c2ccc(N3CCC(C(=O)OC)C3)c(/C=C(\C)C(=O)O)c2)cc1. The van der Waals surface area contributed by atoms with E-state index in [1.165, 1.54) is 7.11 Å². The quantitative estimate of drug-likeness (QED) is 0.258. The zero-order valence-electron chi connectivity index (χ0n) is 20.8. The normalized spacial score (nSPS) is 15.8. The van der Waals surface area contributed by atoms with Gasteiger partial charge >= 0.3 is 11.9 Å². The minimum Gasteiger partial charge on any atom is -0.491 e. The molecule has 1 N–H and O–H groups in total. The van der Waals surface area contributed by atoms with Crippen molar-refractivity contribution in [2.45, 2.75) is 33.1 Å². The average Bonchev–Trinajstić information content (AvgIpc) is 3.36. The van der Waals surface area contributed by atoms with Crippen LogP contribution in [0.3, 0.4) is 0 Å². The maximum Gasteiger partial charge on any atom is 0.331 e. The molecular weight excluding hydrogens is 446 g/mol. The van der Waals surface area contributed by atoms with E-state index in [1.807, 2.05) is 42.5 Å². The highest BCUT2D eigenvalue weighted by molar-refractivity contribution is 5.93. The van der Waals surface area contributed by atoms with E-state index in [2.05, 4.69) is 11.8 Å². The Morgan fingerprint density at radius 3 is 2.51 bits per heavy atom. The van der Waals surface area contributed by atoms with Gasteiger partial charge in [-0.3, -0.25) is 4.79 Å². The Kier molecular flexibility index (Phi) is 9.73. The number of methoxy groups -OCH3 is 1. The summed E-state index contributed by atoms with van der Waals surface area (Å²) in [6, 6.07) is 13.8. The van der Waals surface area contributed by atoms with E-state index >= 15 is 0 Å². The Hall–Kier alpha value is -3.32. The highest BCUT2D eigenvalue weighted by Gasteiger charge is 2.30. The molecule has 3 rings (SSSR count). The average molecular weight is 482 g/mol. The van der Waals surface area contributed by atoms with Crippen molar-refractivity contribution in [2.75, 3.05) is 44.9 Å². The molecule has 0 bridgehead atoms. The molecule has 1 aliphatic heterocycles. The highest BCUT2D eigenvalue weighted by atomic mass is 16.5. The Bertz CT molecular complexity index is 1030. The molecule has 1 heterocycles. The van der Waals surface area contributed by atoms with Gasteiger partial charge in [0.2, 0.25) is 0 Å². The number of ether oxygens (including phenoxy) is 3. The van der Waals surface area contributed by atoms with E-state index in [4.69, 9.17) is 14.2 Å². The lowest BCUT2D eigenvalue weighted by Gasteiger charge is -2.22. The third-order valence-electron chi connectivity index (χ3n) is 6.13. The molecule has 188 valence electrons. The minimum absolute atomic E-state index is 0.179. The van der Waals surface area contributed by atoms with Gasteiger partial charge in [0.05, 0.1) is 19.6 Å². The first kappa shape index (κ1) is 26.3. The molecule has 0 aliphatic carbocycles. The second-order valence-corrected chi connectivity index (χ2v) is 8.70. The highest BCUT2D eigenvalue weighted by Crippen LogP contribution is 2.33. The van der Waals surface area contributed by atoms with Gasteiger partial charge in [0.1, 0.15) is 12.4 Å². The zero-order valence-corrected chi connectivity index (χ0v) is 20.8. The number of carboxylic acids is 1. The van der Waals surface area contributed by atoms with E-state index in [9.17, 15) is 14.7 Å². The van der Waals surface area contributed by atoms with Crippen molar-refractivity contribution in [1.82, 2.24) is 0 Å². The van der Waals surface area contributed by atoms with E-state index < -0.39 is 5.97 Å². The first-order valence-electron chi connectivity index (χ1n) is 12.1. The maximum atomic E-state index is 12.0. The minimum atomic E-state index is -0.963. The molecule has 0 amide bonds. The number of unbranched alkanes of at least 4 members (excludes halogenated alkanes) is 1. The number of anilines is 1. The van der Waals surface area contributed by atoms with Crippen LogP contribution in [0.25, 0.3) is 17.2 Å². The largest absolute Gasteiger partial charge is 0.491 e. The first-order valence-corrected chi connectivity index (χ1v) is 12.1. The smallest absolute Gasteiger partial charge is 0.331 e. The van der Waals surface area contributed by atoms with Gasteiger partial charge in [-0.15, -0.1) is 0 Å². The molecular formula is C28H35NO6. The number of rotatable bonds is 12. The number of aliphatic carboxylic acids is 1. The summed E-state index contributed by atoms with van der Waals surface area (Å²) in [5.74, 6) is -0.577. The Morgan fingerprint density at radius 2 is 1.83 bits per heavy atom. The number of esters is 1. The predicted molar refractivity (Wildman–Crippen MR) is 137 cm³/mol. The van der Waals surface area contributed by atoms with Crippen LogP contribution in [0.5, 0.6) is 5.75 Å². The molecule has 0 spiro atoms. The van der Waals surface area contributed by atoms with Gasteiger partial charge in [-0.05, 0) is 66.8 Å². The fourth-order valence-electron chi connectivity index (χ4n) is 4.08. The van der Waals surface area contributed by atoms with Gasteiger partial charge in [0.25, 0.3) is 0 Å². The number of benzene rings is 2. The van der Waals surface area contributed by atoms with Gasteiger partial charge in [-0.25, -0.2) is 4.79 Å². The molecule has 0 radical (unpaired) electrons. The van der Waals surface area contributed by atoms with Crippen LogP contribution in [0.1, 0.15) is 38.7 Å². The molecule has 1 unspecified atom stereocenters. The van der Waals surface area contributed by atoms with Gasteiger partial charge < -0.3 is 24.2 Å². The Labute approximate surface area is 207 Å². The summed E-state index contributed by atoms with van der Waals surface area (Å²) in [5, 5.41) is 9.43. The summed E-state index contributed by atoms with van der Waals surface area (Å²) in [6.07, 6.45) is 4.56. The summed E-state index contributed by atoms with van der Waals surface area (Å²) in [4.78, 5) is 25.6. The van der Waals surface area contributed by atoms with Gasteiger partial charge in [-0.1, -0.05) is 31.5 Å². The number of carboxylic acid groups (broad SMARTS) is 1. The van der Waals surface area contributed by atoms with Crippen LogP contribution in [-0.2, 0) is 19.1 Å². The predicted octanol–water partition coefficient (Wildman–Crippen LogP) is 5.04. The summed E-state index contributed by atoms with van der Waals surface area (Å²) < 4.78 is 16.2. The molecule has 35 heavy (non-hydrogen) atoms. The van der Waals surface area contributed by atoms with Crippen LogP contribution in [0.4, 0.5) is 5.69 Å². The van der Waals surface area contributed by atoms with Crippen LogP contribution in [0, 0.1) is 5.92 Å². The molecule has 1 atom stereocenters. The lowest BCUT2D eigenvalue weighted by atomic mass is 9.99. The molecule has 7 nitrogen and oxygen atoms in total. The van der Waals surface area contributed by atoms with Crippen molar-refractivity contribution >= 4 is 23.7 Å². The molecule has 2 aromatic rings. The monoisotopic (exact) mass is 481 g/mol. The fourth-order valence-corrected chi connectivity index (χ4v) is 4.08. The van der Waals surface area contributed by atoms with Gasteiger partial charge in [-0.2, -0.15) is 0 Å². The molecule has 1 fully saturated rings. The topological polar surface area (TPSA) is 85.3 Å². The Balaban J connectivity index is 1.76. The van der Waals surface area contributed by atoms with E-state index in [1.54, 1.807) is 13.0 Å². The van der Waals surface area contributed by atoms with E-state index in [0.717, 1.165) is 47.6 Å². The molecule has 1 aliphatic rings. The number of nitrogens with zero attached hydrogens (tertiary/aromatic N) is 1. The fraction of sp³-hybridized carbons (Fsp3) is 0.429. The third-order valence-corrected chi connectivity index (χ3v) is 6.13. The summed E-state index contributed by atoms with van der Waals surface area (Å²) in [7, 11) is 1.40. The number of hydrogen-bond donors (Lipinski definition) is 1. The second kappa shape index (κ2) is 13.0. The van der Waals surface area contributed by atoms with Crippen LogP contribution in [0.2, 0.25) is 0 Å². The van der Waals surface area contributed by atoms with Crippen molar-refractivity contribution in [3.63, 3.8) is 0 Å². The summed E-state index contributed by atoms with van der Waals surface area (Å²) in [6.45, 7) is 6.80. The van der Waals surface area contributed by atoms with Crippen LogP contribution < -0.4 is 9.64 Å². The van der Waals surface area contributed by atoms with Crippen molar-refractivity contribution in [3.8, 4) is 16.9 Å². The summed E-state index contributed by atoms with van der Waals surface area (Å²) >= 11 is 0. The molecule has 1 saturated heterocycles. The standard InChI is InChI=1S/C28H35NO6/c1-4-5-14-34-15-16-35-25-9-6-21(7-10-25)22-8-11-26(24(18-22)17-20(2)27(30)31)29-13-12-23(19-29)28(32)33-3/h6-11,17-18,23H,4-5,12-16,19H2,1-3H3,(H,30,31)/b20-17+. The summed E-state index contributed by atoms with van der Waals surface area (Å²) in [5.41, 5.74) is 3.93. The number of carbonyl (C=O) groups is 2.